The van der Waals surface area contributed by atoms with Gasteiger partial charge in [-0.3, -0.25) is 9.13 Å². The summed E-state index contributed by atoms with van der Waals surface area (Å²) in [5.41, 5.74) is 12.7. The van der Waals surface area contributed by atoms with Gasteiger partial charge in [-0.2, -0.15) is 0 Å². The van der Waals surface area contributed by atoms with Crippen LogP contribution in [0.3, 0.4) is 0 Å². The Labute approximate surface area is 324 Å². The Morgan fingerprint density at radius 2 is 0.679 bits per heavy atom. The second-order valence-electron chi connectivity index (χ2n) is 14.0. The van der Waals surface area contributed by atoms with Gasteiger partial charge in [-0.1, -0.05) is 120 Å². The van der Waals surface area contributed by atoms with Gasteiger partial charge in [0.05, 0.1) is 22.1 Å². The van der Waals surface area contributed by atoms with Gasteiger partial charge in [0.15, 0.2) is 17.5 Å². The summed E-state index contributed by atoms with van der Waals surface area (Å²) in [4.78, 5) is 26.0. The maximum atomic E-state index is 5.28. The zero-order valence-electron chi connectivity index (χ0n) is 30.9. The van der Waals surface area contributed by atoms with E-state index in [4.69, 9.17) is 24.9 Å². The SMILES string of the molecule is Cc1ccc(-c2nc(-c3ccc(C)cc3)nc(-c3cc(-c4nc5ccccc5n4-c4ccccc4)cc(-c4nc5ccccc5n4-c4ccccc4)c3)n2)cc1. The van der Waals surface area contributed by atoms with Crippen LogP contribution in [0.2, 0.25) is 0 Å². The minimum absolute atomic E-state index is 0.555. The van der Waals surface area contributed by atoms with Crippen molar-refractivity contribution in [1.82, 2.24) is 34.1 Å². The Kier molecular flexibility index (Phi) is 8.11. The Balaban J connectivity index is 1.28. The van der Waals surface area contributed by atoms with E-state index in [0.717, 1.165) is 72.9 Å². The second kappa shape index (κ2) is 13.7. The van der Waals surface area contributed by atoms with E-state index in [1.165, 1.54) is 11.1 Å². The Bertz CT molecular complexity index is 2820. The number of imidazole rings is 2. The number of rotatable bonds is 7. The van der Waals surface area contributed by atoms with Crippen molar-refractivity contribution in [2.45, 2.75) is 13.8 Å². The number of aryl methyl sites for hydroxylation is 2. The van der Waals surface area contributed by atoms with Crippen LogP contribution in [0, 0.1) is 13.8 Å². The number of fused-ring (bicyclic) bond motifs is 2. The smallest absolute Gasteiger partial charge is 0.164 e. The molecule has 56 heavy (non-hydrogen) atoms. The lowest BCUT2D eigenvalue weighted by molar-refractivity contribution is 1.07. The molecule has 0 radical (unpaired) electrons. The number of nitrogens with zero attached hydrogens (tertiary/aromatic N) is 7. The Morgan fingerprint density at radius 1 is 0.321 bits per heavy atom. The molecule has 0 N–H and O–H groups in total. The van der Waals surface area contributed by atoms with Crippen LogP contribution in [0.4, 0.5) is 0 Å². The van der Waals surface area contributed by atoms with Crippen molar-refractivity contribution in [1.29, 1.82) is 0 Å². The predicted octanol–water partition coefficient (Wildman–Crippen LogP) is 11.5. The minimum Gasteiger partial charge on any atom is -0.292 e. The monoisotopic (exact) mass is 721 g/mol. The predicted molar refractivity (Wildman–Crippen MR) is 226 cm³/mol. The van der Waals surface area contributed by atoms with Gasteiger partial charge in [-0.25, -0.2) is 24.9 Å². The highest BCUT2D eigenvalue weighted by molar-refractivity contribution is 5.88. The lowest BCUT2D eigenvalue weighted by atomic mass is 10.0. The molecular formula is C49H35N7. The number of aromatic nitrogens is 7. The molecule has 0 aliphatic heterocycles. The summed E-state index contributed by atoms with van der Waals surface area (Å²) in [5.74, 6) is 3.36. The summed E-state index contributed by atoms with van der Waals surface area (Å²) in [6.07, 6.45) is 0. The first-order valence-corrected chi connectivity index (χ1v) is 18.7. The summed E-state index contributed by atoms with van der Waals surface area (Å²) in [6.45, 7) is 4.16. The molecule has 3 aromatic heterocycles. The van der Waals surface area contributed by atoms with Crippen molar-refractivity contribution in [3.8, 4) is 68.3 Å². The fraction of sp³-hybridized carbons (Fsp3) is 0.0408. The number of hydrogen-bond acceptors (Lipinski definition) is 5. The highest BCUT2D eigenvalue weighted by Crippen LogP contribution is 2.37. The zero-order valence-corrected chi connectivity index (χ0v) is 30.9. The summed E-state index contributed by atoms with van der Waals surface area (Å²) in [6, 6.07) is 60.4. The van der Waals surface area contributed by atoms with Crippen LogP contribution in [0.15, 0.2) is 176 Å². The number of hydrogen-bond donors (Lipinski definition) is 0. The molecule has 7 nitrogen and oxygen atoms in total. The lowest BCUT2D eigenvalue weighted by Crippen LogP contribution is -2.03. The van der Waals surface area contributed by atoms with E-state index >= 15 is 0 Å². The lowest BCUT2D eigenvalue weighted by Gasteiger charge is -2.15. The molecule has 0 aliphatic rings. The second-order valence-corrected chi connectivity index (χ2v) is 14.0. The molecule has 7 heteroatoms. The van der Waals surface area contributed by atoms with Crippen LogP contribution >= 0.6 is 0 Å². The molecule has 3 heterocycles. The Morgan fingerprint density at radius 3 is 1.11 bits per heavy atom. The van der Waals surface area contributed by atoms with E-state index < -0.39 is 0 Å². The van der Waals surface area contributed by atoms with E-state index in [9.17, 15) is 0 Å². The third kappa shape index (κ3) is 6.01. The molecular weight excluding hydrogens is 687 g/mol. The fourth-order valence-corrected chi connectivity index (χ4v) is 7.30. The number of para-hydroxylation sites is 6. The van der Waals surface area contributed by atoms with Crippen molar-refractivity contribution < 1.29 is 0 Å². The van der Waals surface area contributed by atoms with E-state index in [0.29, 0.717) is 17.5 Å². The first-order valence-electron chi connectivity index (χ1n) is 18.7. The van der Waals surface area contributed by atoms with Gasteiger partial charge < -0.3 is 0 Å². The highest BCUT2D eigenvalue weighted by Gasteiger charge is 2.22. The molecule has 0 atom stereocenters. The average Bonchev–Trinajstić information content (AvgIpc) is 3.84. The topological polar surface area (TPSA) is 74.3 Å². The van der Waals surface area contributed by atoms with Gasteiger partial charge in [-0.05, 0) is 80.6 Å². The van der Waals surface area contributed by atoms with Crippen molar-refractivity contribution in [2.24, 2.45) is 0 Å². The normalized spacial score (nSPS) is 11.4. The Hall–Kier alpha value is -7.51. The van der Waals surface area contributed by atoms with Crippen molar-refractivity contribution in [2.75, 3.05) is 0 Å². The van der Waals surface area contributed by atoms with Crippen LogP contribution in [-0.2, 0) is 0 Å². The van der Waals surface area contributed by atoms with Crippen LogP contribution < -0.4 is 0 Å². The minimum atomic E-state index is 0.555. The van der Waals surface area contributed by atoms with Crippen molar-refractivity contribution in [3.05, 3.63) is 187 Å². The van der Waals surface area contributed by atoms with E-state index in [2.05, 4.69) is 175 Å². The summed E-state index contributed by atoms with van der Waals surface area (Å²) >= 11 is 0. The highest BCUT2D eigenvalue weighted by atomic mass is 15.1. The molecule has 0 unspecified atom stereocenters. The first-order chi connectivity index (χ1) is 27.6. The third-order valence-corrected chi connectivity index (χ3v) is 10.1. The molecule has 0 saturated heterocycles. The van der Waals surface area contributed by atoms with Crippen LogP contribution in [-0.4, -0.2) is 34.1 Å². The van der Waals surface area contributed by atoms with E-state index in [-0.39, 0.29) is 0 Å². The summed E-state index contributed by atoms with van der Waals surface area (Å²) in [7, 11) is 0. The first kappa shape index (κ1) is 33.1. The molecule has 0 aliphatic carbocycles. The van der Waals surface area contributed by atoms with E-state index in [1.54, 1.807) is 0 Å². The molecule has 0 bridgehead atoms. The van der Waals surface area contributed by atoms with E-state index in [1.807, 2.05) is 24.3 Å². The average molecular weight is 722 g/mol. The van der Waals surface area contributed by atoms with Crippen LogP contribution in [0.5, 0.6) is 0 Å². The molecule has 0 spiro atoms. The summed E-state index contributed by atoms with van der Waals surface area (Å²) in [5, 5.41) is 0. The molecule has 266 valence electrons. The maximum absolute atomic E-state index is 5.28. The van der Waals surface area contributed by atoms with Crippen molar-refractivity contribution >= 4 is 22.1 Å². The molecule has 10 aromatic rings. The van der Waals surface area contributed by atoms with Gasteiger partial charge in [0.1, 0.15) is 11.6 Å². The standard InChI is InChI=1S/C49H35N7/c1-32-21-25-34(26-22-32)45-52-46(35-27-23-33(2)24-28-35)54-47(53-45)36-29-37(48-50-41-17-9-11-19-43(41)55(48)39-13-5-3-6-14-39)31-38(30-36)49-51-42-18-10-12-20-44(42)56(49)40-15-7-4-8-16-40/h3-31H,1-2H3. The molecule has 7 aromatic carbocycles. The van der Waals surface area contributed by atoms with Crippen LogP contribution in [0.25, 0.3) is 90.4 Å². The van der Waals surface area contributed by atoms with Crippen LogP contribution in [0.1, 0.15) is 11.1 Å². The van der Waals surface area contributed by atoms with Crippen molar-refractivity contribution in [3.63, 3.8) is 0 Å². The van der Waals surface area contributed by atoms with Gasteiger partial charge in [0.2, 0.25) is 0 Å². The quantitative estimate of drug-likeness (QED) is 0.164. The maximum Gasteiger partial charge on any atom is 0.164 e. The fourth-order valence-electron chi connectivity index (χ4n) is 7.30. The number of benzene rings is 7. The van der Waals surface area contributed by atoms with Gasteiger partial charge in [0, 0.05) is 39.2 Å². The van der Waals surface area contributed by atoms with Gasteiger partial charge in [0.25, 0.3) is 0 Å². The van der Waals surface area contributed by atoms with Gasteiger partial charge in [-0.15, -0.1) is 0 Å². The van der Waals surface area contributed by atoms with Gasteiger partial charge >= 0.3 is 0 Å². The molecule has 0 amide bonds. The molecule has 10 rings (SSSR count). The molecule has 0 saturated carbocycles. The zero-order chi connectivity index (χ0) is 37.6. The molecule has 0 fully saturated rings. The summed E-state index contributed by atoms with van der Waals surface area (Å²) < 4.78 is 4.45. The largest absolute Gasteiger partial charge is 0.292 e. The third-order valence-electron chi connectivity index (χ3n) is 10.1.